The molecule has 0 bridgehead atoms. The van der Waals surface area contributed by atoms with E-state index in [1.165, 1.54) is 12.8 Å². The molecule has 0 aromatic rings. The fourth-order valence-corrected chi connectivity index (χ4v) is 1.50. The summed E-state index contributed by atoms with van der Waals surface area (Å²) >= 11 is 0. The van der Waals surface area contributed by atoms with E-state index in [1.807, 2.05) is 0 Å². The topological polar surface area (TPSA) is 0 Å². The van der Waals surface area contributed by atoms with Gasteiger partial charge in [0.15, 0.2) is 0 Å². The zero-order valence-corrected chi connectivity index (χ0v) is 4.65. The van der Waals surface area contributed by atoms with Crippen LogP contribution in [-0.2, 0) is 0 Å². The Kier molecular flexibility index (Phi) is 0.495. The minimum atomic E-state index is 0.995. The molecule has 2 rings (SSSR count). The van der Waals surface area contributed by atoms with Crippen molar-refractivity contribution in [2.45, 2.75) is 19.8 Å². The third-order valence-corrected chi connectivity index (χ3v) is 2.21. The van der Waals surface area contributed by atoms with Crippen molar-refractivity contribution < 1.29 is 0 Å². The molecule has 2 aliphatic carbocycles. The van der Waals surface area contributed by atoms with Gasteiger partial charge in [0.05, 0.1) is 0 Å². The molecule has 0 heteroatoms. The van der Waals surface area contributed by atoms with E-state index in [4.69, 9.17) is 0 Å². The Bertz CT molecular complexity index is 122. The van der Waals surface area contributed by atoms with Gasteiger partial charge in [0, 0.05) is 0 Å². The second kappa shape index (κ2) is 0.936. The normalized spacial score (nSPS) is 45.6. The molecule has 0 N–H and O–H groups in total. The van der Waals surface area contributed by atoms with E-state index in [9.17, 15) is 0 Å². The summed E-state index contributed by atoms with van der Waals surface area (Å²) in [4.78, 5) is 0. The van der Waals surface area contributed by atoms with E-state index < -0.39 is 0 Å². The fraction of sp³-hybridized carbons (Fsp3) is 0.714. The zero-order chi connectivity index (χ0) is 4.85. The first-order valence-electron chi connectivity index (χ1n) is 3.07. The molecule has 1 fully saturated rings. The molecule has 38 valence electrons. The van der Waals surface area contributed by atoms with Crippen molar-refractivity contribution in [1.29, 1.82) is 0 Å². The monoisotopic (exact) mass is 94.1 g/mol. The van der Waals surface area contributed by atoms with Crippen LogP contribution in [0.3, 0.4) is 0 Å². The van der Waals surface area contributed by atoms with Crippen molar-refractivity contribution in [3.05, 3.63) is 11.6 Å². The summed E-state index contributed by atoms with van der Waals surface area (Å²) in [6.45, 7) is 2.35. The molecule has 0 heterocycles. The average Bonchev–Trinajstić information content (AvgIpc) is 2.33. The van der Waals surface area contributed by atoms with Gasteiger partial charge < -0.3 is 0 Å². The molecule has 0 spiro atoms. The molecule has 0 nitrogen and oxygen atoms in total. The maximum Gasteiger partial charge on any atom is -0.0137 e. The van der Waals surface area contributed by atoms with Crippen LogP contribution in [0.15, 0.2) is 11.6 Å². The minimum Gasteiger partial charge on any atom is -0.0847 e. The fourth-order valence-electron chi connectivity index (χ4n) is 1.50. The first kappa shape index (κ1) is 3.71. The Morgan fingerprint density at radius 3 is 2.71 bits per heavy atom. The Hall–Kier alpha value is -0.260. The molecule has 0 aliphatic heterocycles. The van der Waals surface area contributed by atoms with Crippen molar-refractivity contribution in [2.75, 3.05) is 0 Å². The molecular formula is C7H10. The van der Waals surface area contributed by atoms with Crippen molar-refractivity contribution in [3.8, 4) is 0 Å². The van der Waals surface area contributed by atoms with Crippen LogP contribution in [0, 0.1) is 11.8 Å². The lowest BCUT2D eigenvalue weighted by Gasteiger charge is -1.97. The zero-order valence-electron chi connectivity index (χ0n) is 4.65. The summed E-state index contributed by atoms with van der Waals surface area (Å²) in [5.41, 5.74) is 1.74. The highest BCUT2D eigenvalue weighted by atomic mass is 14.4. The van der Waals surface area contributed by atoms with Crippen molar-refractivity contribution in [1.82, 2.24) is 0 Å². The van der Waals surface area contributed by atoms with Gasteiger partial charge in [0.25, 0.3) is 0 Å². The molecule has 0 radical (unpaired) electrons. The minimum absolute atomic E-state index is 0.995. The van der Waals surface area contributed by atoms with Gasteiger partial charge in [-0.1, -0.05) is 18.6 Å². The molecule has 2 aliphatic rings. The van der Waals surface area contributed by atoms with E-state index in [0.29, 0.717) is 0 Å². The lowest BCUT2D eigenvalue weighted by Crippen LogP contribution is -1.88. The van der Waals surface area contributed by atoms with Crippen LogP contribution in [0.4, 0.5) is 0 Å². The largest absolute Gasteiger partial charge is 0.0847 e. The smallest absolute Gasteiger partial charge is 0.0137 e. The van der Waals surface area contributed by atoms with Crippen LogP contribution in [0.5, 0.6) is 0 Å². The number of allylic oxidation sites excluding steroid dienone is 2. The number of hydrogen-bond donors (Lipinski definition) is 0. The second-order valence-corrected chi connectivity index (χ2v) is 2.80. The van der Waals surface area contributed by atoms with E-state index >= 15 is 0 Å². The van der Waals surface area contributed by atoms with Gasteiger partial charge in [-0.05, 0) is 24.7 Å². The highest BCUT2D eigenvalue weighted by Crippen LogP contribution is 2.50. The van der Waals surface area contributed by atoms with Gasteiger partial charge in [-0.25, -0.2) is 0 Å². The quantitative estimate of drug-likeness (QED) is 0.402. The van der Waals surface area contributed by atoms with Crippen LogP contribution in [0.1, 0.15) is 19.8 Å². The summed E-state index contributed by atoms with van der Waals surface area (Å²) in [5, 5.41) is 0. The molecule has 1 saturated carbocycles. The number of fused-ring (bicyclic) bond motifs is 1. The van der Waals surface area contributed by atoms with Crippen LogP contribution in [0.2, 0.25) is 0 Å². The van der Waals surface area contributed by atoms with Crippen molar-refractivity contribution >= 4 is 0 Å². The second-order valence-electron chi connectivity index (χ2n) is 2.80. The van der Waals surface area contributed by atoms with Gasteiger partial charge >= 0.3 is 0 Å². The molecule has 7 heavy (non-hydrogen) atoms. The highest BCUT2D eigenvalue weighted by molar-refractivity contribution is 5.29. The number of hydrogen-bond acceptors (Lipinski definition) is 0. The summed E-state index contributed by atoms with van der Waals surface area (Å²) < 4.78 is 0. The van der Waals surface area contributed by atoms with Gasteiger partial charge in [-0.3, -0.25) is 0 Å². The maximum atomic E-state index is 2.41. The van der Waals surface area contributed by atoms with Crippen molar-refractivity contribution in [2.24, 2.45) is 11.8 Å². The Balaban J connectivity index is 2.23. The molecule has 0 amide bonds. The third-order valence-electron chi connectivity index (χ3n) is 2.21. The van der Waals surface area contributed by atoms with E-state index in [1.54, 1.807) is 5.57 Å². The maximum absolute atomic E-state index is 2.41. The summed E-state index contributed by atoms with van der Waals surface area (Å²) in [5.74, 6) is 2.04. The first-order chi connectivity index (χ1) is 3.38. The predicted molar refractivity (Wildman–Crippen MR) is 30.0 cm³/mol. The SMILES string of the molecule is CC1CC=C2CC21. The van der Waals surface area contributed by atoms with E-state index in [0.717, 1.165) is 11.8 Å². The predicted octanol–water partition coefficient (Wildman–Crippen LogP) is 1.97. The molecule has 2 unspecified atom stereocenters. The molecule has 2 atom stereocenters. The van der Waals surface area contributed by atoms with Crippen LogP contribution >= 0.6 is 0 Å². The Labute approximate surface area is 44.2 Å². The molecule has 0 saturated heterocycles. The highest BCUT2D eigenvalue weighted by Gasteiger charge is 2.37. The van der Waals surface area contributed by atoms with E-state index in [2.05, 4.69) is 13.0 Å². The summed E-state index contributed by atoms with van der Waals surface area (Å²) in [7, 11) is 0. The van der Waals surface area contributed by atoms with Crippen molar-refractivity contribution in [3.63, 3.8) is 0 Å². The van der Waals surface area contributed by atoms with Gasteiger partial charge in [0.1, 0.15) is 0 Å². The first-order valence-corrected chi connectivity index (χ1v) is 3.07. The van der Waals surface area contributed by atoms with Crippen LogP contribution in [-0.4, -0.2) is 0 Å². The Morgan fingerprint density at radius 2 is 2.57 bits per heavy atom. The van der Waals surface area contributed by atoms with Gasteiger partial charge in [0.2, 0.25) is 0 Å². The third kappa shape index (κ3) is 0.370. The number of rotatable bonds is 0. The standard InChI is InChI=1S/C7H10/c1-5-2-3-6-4-7(5)6/h3,5,7H,2,4H2,1H3. The lowest BCUT2D eigenvalue weighted by atomic mass is 10.1. The Morgan fingerprint density at radius 1 is 1.71 bits per heavy atom. The molecule has 0 aromatic heterocycles. The van der Waals surface area contributed by atoms with Gasteiger partial charge in [-0.2, -0.15) is 0 Å². The summed E-state index contributed by atoms with van der Waals surface area (Å²) in [6, 6.07) is 0. The molecular weight excluding hydrogens is 84.1 g/mol. The summed E-state index contributed by atoms with van der Waals surface area (Å²) in [6.07, 6.45) is 5.20. The van der Waals surface area contributed by atoms with Gasteiger partial charge in [-0.15, -0.1) is 0 Å². The molecule has 0 aromatic carbocycles. The van der Waals surface area contributed by atoms with Crippen LogP contribution < -0.4 is 0 Å². The van der Waals surface area contributed by atoms with E-state index in [-0.39, 0.29) is 0 Å². The van der Waals surface area contributed by atoms with Crippen LogP contribution in [0.25, 0.3) is 0 Å². The lowest BCUT2D eigenvalue weighted by molar-refractivity contribution is 0.552. The average molecular weight is 94.2 g/mol.